The number of hydrogen-bond donors (Lipinski definition) is 2. The first kappa shape index (κ1) is 13.5. The van der Waals surface area contributed by atoms with Crippen molar-refractivity contribution in [3.05, 3.63) is 29.6 Å². The van der Waals surface area contributed by atoms with E-state index in [1.54, 1.807) is 0 Å². The van der Waals surface area contributed by atoms with Gasteiger partial charge in [-0.2, -0.15) is 5.26 Å². The molecule has 1 fully saturated rings. The van der Waals surface area contributed by atoms with Gasteiger partial charge in [-0.15, -0.1) is 0 Å². The van der Waals surface area contributed by atoms with Crippen LogP contribution in [0.3, 0.4) is 0 Å². The van der Waals surface area contributed by atoms with Crippen LogP contribution in [0.4, 0.5) is 10.1 Å². The highest BCUT2D eigenvalue weighted by molar-refractivity contribution is 5.93. The van der Waals surface area contributed by atoms with Crippen molar-refractivity contribution in [1.29, 1.82) is 5.26 Å². The van der Waals surface area contributed by atoms with Gasteiger partial charge in [0.05, 0.1) is 17.8 Å². The molecular formula is C13H15FN4O. The molecule has 1 aromatic carbocycles. The van der Waals surface area contributed by atoms with E-state index in [0.717, 1.165) is 32.2 Å². The summed E-state index contributed by atoms with van der Waals surface area (Å²) in [7, 11) is 0. The predicted molar refractivity (Wildman–Crippen MR) is 69.1 cm³/mol. The lowest BCUT2D eigenvalue weighted by Gasteiger charge is -2.26. The van der Waals surface area contributed by atoms with Gasteiger partial charge < -0.3 is 10.6 Å². The lowest BCUT2D eigenvalue weighted by atomic mass is 10.2. The molecule has 0 saturated carbocycles. The normalized spacial score (nSPS) is 15.8. The standard InChI is InChI=1S/C13H15FN4O/c14-11-1-2-12(10(7-11)8-15)17-13(19)9-18-5-3-16-4-6-18/h1-2,7,16H,3-6,9H2,(H,17,19). The summed E-state index contributed by atoms with van der Waals surface area (Å²) in [4.78, 5) is 13.9. The minimum Gasteiger partial charge on any atom is -0.324 e. The van der Waals surface area contributed by atoms with E-state index in [0.29, 0.717) is 5.69 Å². The van der Waals surface area contributed by atoms with Crippen LogP contribution in [0.25, 0.3) is 0 Å². The van der Waals surface area contributed by atoms with E-state index in [9.17, 15) is 9.18 Å². The summed E-state index contributed by atoms with van der Waals surface area (Å²) in [6.45, 7) is 3.66. The lowest BCUT2D eigenvalue weighted by Crippen LogP contribution is -2.46. The summed E-state index contributed by atoms with van der Waals surface area (Å²) in [6.07, 6.45) is 0. The number of piperazine rings is 1. The maximum atomic E-state index is 13.0. The Morgan fingerprint density at radius 1 is 1.47 bits per heavy atom. The van der Waals surface area contributed by atoms with Gasteiger partial charge in [0, 0.05) is 26.2 Å². The molecule has 0 spiro atoms. The Morgan fingerprint density at radius 3 is 2.89 bits per heavy atom. The van der Waals surface area contributed by atoms with Gasteiger partial charge >= 0.3 is 0 Å². The Hall–Kier alpha value is -1.97. The smallest absolute Gasteiger partial charge is 0.238 e. The SMILES string of the molecule is N#Cc1cc(F)ccc1NC(=O)CN1CCNCC1. The van der Waals surface area contributed by atoms with Crippen molar-refractivity contribution in [1.82, 2.24) is 10.2 Å². The number of rotatable bonds is 3. The van der Waals surface area contributed by atoms with Gasteiger partial charge in [-0.1, -0.05) is 0 Å². The highest BCUT2D eigenvalue weighted by atomic mass is 19.1. The van der Waals surface area contributed by atoms with Crippen LogP contribution in [-0.4, -0.2) is 43.5 Å². The number of halogens is 1. The largest absolute Gasteiger partial charge is 0.324 e. The highest BCUT2D eigenvalue weighted by Gasteiger charge is 2.14. The fraction of sp³-hybridized carbons (Fsp3) is 0.385. The lowest BCUT2D eigenvalue weighted by molar-refractivity contribution is -0.117. The molecule has 1 aliphatic heterocycles. The molecular weight excluding hydrogens is 247 g/mol. The maximum absolute atomic E-state index is 13.0. The summed E-state index contributed by atoms with van der Waals surface area (Å²) >= 11 is 0. The Balaban J connectivity index is 1.97. The van der Waals surface area contributed by atoms with Crippen molar-refractivity contribution in [2.24, 2.45) is 0 Å². The van der Waals surface area contributed by atoms with Crippen molar-refractivity contribution >= 4 is 11.6 Å². The zero-order valence-corrected chi connectivity index (χ0v) is 10.4. The van der Waals surface area contributed by atoms with E-state index < -0.39 is 5.82 Å². The molecule has 1 saturated heterocycles. The summed E-state index contributed by atoms with van der Waals surface area (Å²) in [5, 5.41) is 14.7. The molecule has 1 amide bonds. The van der Waals surface area contributed by atoms with Crippen LogP contribution < -0.4 is 10.6 Å². The topological polar surface area (TPSA) is 68.2 Å². The zero-order valence-electron chi connectivity index (χ0n) is 10.4. The third-order valence-electron chi connectivity index (χ3n) is 2.95. The van der Waals surface area contributed by atoms with E-state index in [-0.39, 0.29) is 18.0 Å². The molecule has 2 rings (SSSR count). The number of benzene rings is 1. The number of amides is 1. The Labute approximate surface area is 111 Å². The van der Waals surface area contributed by atoms with Crippen molar-refractivity contribution in [2.45, 2.75) is 0 Å². The van der Waals surface area contributed by atoms with Crippen LogP contribution in [0.15, 0.2) is 18.2 Å². The number of anilines is 1. The molecule has 6 heteroatoms. The Bertz CT molecular complexity index is 506. The second-order valence-corrected chi connectivity index (χ2v) is 4.38. The molecule has 0 radical (unpaired) electrons. The molecule has 100 valence electrons. The van der Waals surface area contributed by atoms with Crippen LogP contribution in [0.2, 0.25) is 0 Å². The molecule has 0 bridgehead atoms. The molecule has 0 aliphatic carbocycles. The maximum Gasteiger partial charge on any atom is 0.238 e. The van der Waals surface area contributed by atoms with Gasteiger partial charge in [-0.25, -0.2) is 4.39 Å². The van der Waals surface area contributed by atoms with Crippen molar-refractivity contribution < 1.29 is 9.18 Å². The number of carbonyl (C=O) groups is 1. The average molecular weight is 262 g/mol. The minimum absolute atomic E-state index is 0.133. The number of carbonyl (C=O) groups excluding carboxylic acids is 1. The third-order valence-corrected chi connectivity index (χ3v) is 2.95. The molecule has 1 heterocycles. The van der Waals surface area contributed by atoms with Gasteiger partial charge in [0.2, 0.25) is 5.91 Å². The van der Waals surface area contributed by atoms with E-state index >= 15 is 0 Å². The summed E-state index contributed by atoms with van der Waals surface area (Å²) in [6, 6.07) is 5.61. The van der Waals surface area contributed by atoms with Crippen LogP contribution in [0.1, 0.15) is 5.56 Å². The molecule has 1 aromatic rings. The average Bonchev–Trinajstić information content (AvgIpc) is 2.42. The molecule has 5 nitrogen and oxygen atoms in total. The molecule has 1 aliphatic rings. The second kappa shape index (κ2) is 6.27. The first-order valence-corrected chi connectivity index (χ1v) is 6.11. The predicted octanol–water partition coefficient (Wildman–Crippen LogP) is 0.541. The zero-order chi connectivity index (χ0) is 13.7. The third kappa shape index (κ3) is 3.74. The van der Waals surface area contributed by atoms with E-state index in [2.05, 4.69) is 10.6 Å². The van der Waals surface area contributed by atoms with E-state index in [4.69, 9.17) is 5.26 Å². The van der Waals surface area contributed by atoms with Gasteiger partial charge in [0.15, 0.2) is 0 Å². The number of nitrogens with zero attached hydrogens (tertiary/aromatic N) is 2. The molecule has 0 aromatic heterocycles. The number of hydrogen-bond acceptors (Lipinski definition) is 4. The Morgan fingerprint density at radius 2 is 2.21 bits per heavy atom. The minimum atomic E-state index is -0.489. The first-order valence-electron chi connectivity index (χ1n) is 6.11. The second-order valence-electron chi connectivity index (χ2n) is 4.38. The van der Waals surface area contributed by atoms with Crippen molar-refractivity contribution in [2.75, 3.05) is 38.0 Å². The fourth-order valence-electron chi connectivity index (χ4n) is 1.98. The van der Waals surface area contributed by atoms with Crippen LogP contribution in [0.5, 0.6) is 0 Å². The van der Waals surface area contributed by atoms with Crippen molar-refractivity contribution in [3.63, 3.8) is 0 Å². The quantitative estimate of drug-likeness (QED) is 0.834. The van der Waals surface area contributed by atoms with Gasteiger partial charge in [-0.3, -0.25) is 9.69 Å². The molecule has 0 atom stereocenters. The van der Waals surface area contributed by atoms with Crippen LogP contribution >= 0.6 is 0 Å². The van der Waals surface area contributed by atoms with Gasteiger partial charge in [-0.05, 0) is 18.2 Å². The van der Waals surface area contributed by atoms with E-state index in [1.165, 1.54) is 12.1 Å². The fourth-order valence-corrected chi connectivity index (χ4v) is 1.98. The highest BCUT2D eigenvalue weighted by Crippen LogP contribution is 2.15. The van der Waals surface area contributed by atoms with Gasteiger partial charge in [0.25, 0.3) is 0 Å². The van der Waals surface area contributed by atoms with Crippen LogP contribution in [0, 0.1) is 17.1 Å². The first-order chi connectivity index (χ1) is 9.19. The van der Waals surface area contributed by atoms with Crippen LogP contribution in [-0.2, 0) is 4.79 Å². The summed E-state index contributed by atoms with van der Waals surface area (Å²) < 4.78 is 13.0. The Kier molecular flexibility index (Phi) is 4.44. The summed E-state index contributed by atoms with van der Waals surface area (Å²) in [5.41, 5.74) is 0.484. The monoisotopic (exact) mass is 262 g/mol. The van der Waals surface area contributed by atoms with Gasteiger partial charge in [0.1, 0.15) is 11.9 Å². The number of nitriles is 1. The van der Waals surface area contributed by atoms with Crippen molar-refractivity contribution in [3.8, 4) is 6.07 Å². The van der Waals surface area contributed by atoms with E-state index in [1.807, 2.05) is 11.0 Å². The number of nitrogens with one attached hydrogen (secondary N) is 2. The molecule has 0 unspecified atom stereocenters. The molecule has 2 N–H and O–H groups in total. The molecule has 19 heavy (non-hydrogen) atoms. The summed E-state index contributed by atoms with van der Waals surface area (Å²) in [5.74, 6) is -0.679.